The predicted octanol–water partition coefficient (Wildman–Crippen LogP) is 16.1. The summed E-state index contributed by atoms with van der Waals surface area (Å²) in [4.78, 5) is 2.49. The van der Waals surface area contributed by atoms with Crippen molar-refractivity contribution in [2.45, 2.75) is 19.3 Å². The van der Waals surface area contributed by atoms with Gasteiger partial charge in [0.25, 0.3) is 0 Å². The topological polar surface area (TPSA) is 12.1 Å². The maximum atomic E-state index is 2.53. The molecular formula is C57H37N3S. The van der Waals surface area contributed by atoms with Crippen molar-refractivity contribution in [2.24, 2.45) is 0 Å². The van der Waals surface area contributed by atoms with Gasteiger partial charge in [0.1, 0.15) is 0 Å². The number of aromatic nitrogens is 2. The lowest BCUT2D eigenvalue weighted by atomic mass is 9.81. The molecule has 61 heavy (non-hydrogen) atoms. The molecule has 0 spiro atoms. The van der Waals surface area contributed by atoms with Crippen LogP contribution in [-0.4, -0.2) is 8.80 Å². The van der Waals surface area contributed by atoms with E-state index >= 15 is 0 Å². The Hall–Kier alpha value is -7.40. The van der Waals surface area contributed by atoms with E-state index in [0.29, 0.717) is 0 Å². The smallest absolute Gasteiger partial charge is 0.0789 e. The highest BCUT2D eigenvalue weighted by molar-refractivity contribution is 7.25. The zero-order valence-corrected chi connectivity index (χ0v) is 34.5. The van der Waals surface area contributed by atoms with Crippen LogP contribution in [-0.2, 0) is 5.41 Å². The third kappa shape index (κ3) is 4.42. The lowest BCUT2D eigenvalue weighted by Crippen LogP contribution is -2.16. The molecule has 0 atom stereocenters. The number of nitrogens with zero attached hydrogens (tertiary/aromatic N) is 3. The van der Waals surface area contributed by atoms with Crippen LogP contribution in [0.5, 0.6) is 0 Å². The van der Waals surface area contributed by atoms with E-state index in [1.807, 2.05) is 11.3 Å². The number of hydrogen-bond acceptors (Lipinski definition) is 2. The van der Waals surface area contributed by atoms with Crippen LogP contribution < -0.4 is 4.90 Å². The van der Waals surface area contributed by atoms with Gasteiger partial charge in [-0.3, -0.25) is 0 Å². The van der Waals surface area contributed by atoms with Crippen molar-refractivity contribution >= 4 is 103 Å². The van der Waals surface area contributed by atoms with Gasteiger partial charge in [0, 0.05) is 64.2 Å². The molecule has 1 aliphatic rings. The van der Waals surface area contributed by atoms with E-state index in [9.17, 15) is 0 Å². The Bertz CT molecular complexity index is 3970. The monoisotopic (exact) mass is 795 g/mol. The third-order valence-corrected chi connectivity index (χ3v) is 14.9. The molecule has 13 aromatic rings. The minimum Gasteiger partial charge on any atom is -0.310 e. The van der Waals surface area contributed by atoms with Crippen molar-refractivity contribution in [1.82, 2.24) is 8.80 Å². The number of anilines is 3. The molecule has 9 aromatic carbocycles. The van der Waals surface area contributed by atoms with Gasteiger partial charge in [0.2, 0.25) is 0 Å². The predicted molar refractivity (Wildman–Crippen MR) is 260 cm³/mol. The molecule has 0 saturated carbocycles. The molecule has 0 radical (unpaired) electrons. The zero-order valence-electron chi connectivity index (χ0n) is 33.6. The van der Waals surface area contributed by atoms with Gasteiger partial charge in [-0.05, 0) is 100 Å². The fourth-order valence-corrected chi connectivity index (χ4v) is 12.1. The lowest BCUT2D eigenvalue weighted by molar-refractivity contribution is 0.660. The van der Waals surface area contributed by atoms with Crippen molar-refractivity contribution < 1.29 is 0 Å². The minimum atomic E-state index is -0.192. The van der Waals surface area contributed by atoms with E-state index < -0.39 is 0 Å². The van der Waals surface area contributed by atoms with Crippen molar-refractivity contribution in [1.29, 1.82) is 0 Å². The first kappa shape index (κ1) is 33.4. The normalized spacial score (nSPS) is 13.5. The van der Waals surface area contributed by atoms with Crippen molar-refractivity contribution in [3.05, 3.63) is 199 Å². The highest BCUT2D eigenvalue weighted by Crippen LogP contribution is 2.52. The van der Waals surface area contributed by atoms with Crippen LogP contribution in [0.4, 0.5) is 17.1 Å². The number of fused-ring (bicyclic) bond motifs is 15. The van der Waals surface area contributed by atoms with Gasteiger partial charge in [0.05, 0.1) is 33.1 Å². The molecule has 0 unspecified atom stereocenters. The Morgan fingerprint density at radius 2 is 0.918 bits per heavy atom. The molecule has 0 saturated heterocycles. The van der Waals surface area contributed by atoms with Crippen LogP contribution in [0.3, 0.4) is 0 Å². The Labute approximate surface area is 355 Å². The van der Waals surface area contributed by atoms with Crippen LogP contribution in [0.2, 0.25) is 0 Å². The number of rotatable bonds is 4. The first-order valence-corrected chi connectivity index (χ1v) is 22.0. The van der Waals surface area contributed by atoms with E-state index in [-0.39, 0.29) is 5.41 Å². The summed E-state index contributed by atoms with van der Waals surface area (Å²) >= 11 is 1.87. The molecule has 0 amide bonds. The number of thiophene rings is 1. The SMILES string of the molecule is CC1(C)c2cc(-c3ccccc3)ccc2-c2ccc(N(c3ccc4c(c3)sc3ccccc34)c3ccc4c(c3)n3c5ccccc5c5ccc6c7ccccc7n4c6c53)cc21. The summed E-state index contributed by atoms with van der Waals surface area (Å²) in [6, 6.07) is 70.4. The van der Waals surface area contributed by atoms with Gasteiger partial charge in [-0.2, -0.15) is 0 Å². The summed E-state index contributed by atoms with van der Waals surface area (Å²) in [6.45, 7) is 4.79. The minimum absolute atomic E-state index is 0.192. The number of benzene rings is 9. The summed E-state index contributed by atoms with van der Waals surface area (Å²) < 4.78 is 7.65. The van der Waals surface area contributed by atoms with E-state index in [1.165, 1.54) is 108 Å². The molecule has 0 fully saturated rings. The molecule has 286 valence electrons. The first-order chi connectivity index (χ1) is 30.0. The lowest BCUT2D eigenvalue weighted by Gasteiger charge is -2.28. The van der Waals surface area contributed by atoms with Gasteiger partial charge in [-0.1, -0.05) is 135 Å². The van der Waals surface area contributed by atoms with Gasteiger partial charge < -0.3 is 13.7 Å². The van der Waals surface area contributed by atoms with Crippen LogP contribution in [0, 0.1) is 0 Å². The number of para-hydroxylation sites is 2. The second kappa shape index (κ2) is 11.9. The second-order valence-corrected chi connectivity index (χ2v) is 18.4. The highest BCUT2D eigenvalue weighted by Gasteiger charge is 2.36. The molecule has 3 nitrogen and oxygen atoms in total. The fourth-order valence-electron chi connectivity index (χ4n) is 11.0. The summed E-state index contributed by atoms with van der Waals surface area (Å²) in [5.74, 6) is 0. The molecule has 0 bridgehead atoms. The largest absolute Gasteiger partial charge is 0.310 e. The molecule has 4 aromatic heterocycles. The van der Waals surface area contributed by atoms with Crippen LogP contribution in [0.1, 0.15) is 25.0 Å². The van der Waals surface area contributed by atoms with Crippen LogP contribution >= 0.6 is 11.3 Å². The van der Waals surface area contributed by atoms with Crippen molar-refractivity contribution in [3.63, 3.8) is 0 Å². The molecule has 4 heteroatoms. The van der Waals surface area contributed by atoms with Gasteiger partial charge in [-0.15, -0.1) is 11.3 Å². The van der Waals surface area contributed by atoms with E-state index in [2.05, 4.69) is 216 Å². The van der Waals surface area contributed by atoms with Gasteiger partial charge >= 0.3 is 0 Å². The number of hydrogen-bond donors (Lipinski definition) is 0. The van der Waals surface area contributed by atoms with Crippen molar-refractivity contribution in [3.8, 4) is 22.3 Å². The summed E-state index contributed by atoms with van der Waals surface area (Å²) in [7, 11) is 0. The molecule has 14 rings (SSSR count). The van der Waals surface area contributed by atoms with Gasteiger partial charge in [-0.25, -0.2) is 0 Å². The maximum Gasteiger partial charge on any atom is 0.0789 e. The Morgan fingerprint density at radius 1 is 0.377 bits per heavy atom. The quantitative estimate of drug-likeness (QED) is 0.162. The van der Waals surface area contributed by atoms with E-state index in [4.69, 9.17) is 0 Å². The summed E-state index contributed by atoms with van der Waals surface area (Å²) in [6.07, 6.45) is 0. The van der Waals surface area contributed by atoms with Crippen molar-refractivity contribution in [2.75, 3.05) is 4.90 Å². The third-order valence-electron chi connectivity index (χ3n) is 13.8. The Balaban J connectivity index is 1.04. The van der Waals surface area contributed by atoms with Crippen LogP contribution in [0.15, 0.2) is 188 Å². The van der Waals surface area contributed by atoms with Gasteiger partial charge in [0.15, 0.2) is 0 Å². The van der Waals surface area contributed by atoms with E-state index in [1.54, 1.807) is 0 Å². The average Bonchev–Trinajstić information content (AvgIpc) is 4.02. The molecule has 0 aliphatic heterocycles. The van der Waals surface area contributed by atoms with E-state index in [0.717, 1.165) is 17.1 Å². The Kier molecular flexibility index (Phi) is 6.51. The summed E-state index contributed by atoms with van der Waals surface area (Å²) in [5, 5.41) is 7.75. The molecule has 0 N–H and O–H groups in total. The highest BCUT2D eigenvalue weighted by atomic mass is 32.1. The maximum absolute atomic E-state index is 2.53. The Morgan fingerprint density at radius 3 is 1.67 bits per heavy atom. The molecule has 1 aliphatic carbocycles. The average molecular weight is 796 g/mol. The molecule has 4 heterocycles. The molecular weight excluding hydrogens is 759 g/mol. The first-order valence-electron chi connectivity index (χ1n) is 21.2. The second-order valence-electron chi connectivity index (χ2n) is 17.3. The van der Waals surface area contributed by atoms with Crippen LogP contribution in [0.25, 0.3) is 97.1 Å². The zero-order chi connectivity index (χ0) is 40.1. The fraction of sp³-hybridized carbons (Fsp3) is 0.0526. The standard InChI is InChI=1S/C57H37N3S/c1-57(2)47-30-35(34-12-4-3-5-13-34)20-24-39(47)40-25-21-36(31-48(40)57)58(38-22-26-44-43-16-8-11-19-53(43)61-54(44)33-38)37-23-29-51-52(32-37)60-50-18-10-7-15-42(50)46-28-27-45-41-14-6-9-17-49(41)59(51)55(45)56(46)60/h3-33H,1-2H3. The summed E-state index contributed by atoms with van der Waals surface area (Å²) in [5.41, 5.74) is 18.5.